The predicted molar refractivity (Wildman–Crippen MR) is 125 cm³/mol. The Morgan fingerprint density at radius 2 is 1.77 bits per heavy atom. The minimum absolute atomic E-state index is 0.0164. The molecule has 164 valence electrons. The molecule has 5 heteroatoms. The number of likely N-dealkylation sites (N-methyl/N-ethyl adjacent to an activating group) is 1. The quantitative estimate of drug-likeness (QED) is 0.545. The summed E-state index contributed by atoms with van der Waals surface area (Å²) in [5.74, 6) is -0.370. The van der Waals surface area contributed by atoms with Gasteiger partial charge in [-0.05, 0) is 55.1 Å². The minimum atomic E-state index is -0.434. The first-order chi connectivity index (χ1) is 14.0. The molecule has 5 nitrogen and oxygen atoms in total. The molecule has 0 radical (unpaired) electrons. The molecule has 0 aliphatic rings. The van der Waals surface area contributed by atoms with E-state index in [9.17, 15) is 9.59 Å². The minimum Gasteiger partial charge on any atom is -0.366 e. The third kappa shape index (κ3) is 7.99. The van der Waals surface area contributed by atoms with Gasteiger partial charge in [0.25, 0.3) is 0 Å². The molecule has 0 saturated carbocycles. The van der Waals surface area contributed by atoms with Crippen LogP contribution in [0.4, 0.5) is 0 Å². The van der Waals surface area contributed by atoms with Crippen LogP contribution in [0.1, 0.15) is 43.1 Å². The maximum Gasteiger partial charge on any atom is 0.248 e. The molecular formula is C25H37N3O2. The molecule has 1 aromatic rings. The SMILES string of the molecule is C=C/C=C(\C=C)C(CC(=O)NCC(Cc1ccc(C(N)=O)cc1)N(C)C)C(C)(C)C. The number of allylic oxidation sites excluding steroid dienone is 4. The van der Waals surface area contributed by atoms with Crippen molar-refractivity contribution in [2.45, 2.75) is 39.7 Å². The monoisotopic (exact) mass is 411 g/mol. The number of amides is 2. The number of benzene rings is 1. The van der Waals surface area contributed by atoms with Crippen molar-refractivity contribution in [2.24, 2.45) is 17.1 Å². The number of nitrogens with two attached hydrogens (primary N) is 1. The molecule has 2 unspecified atom stereocenters. The van der Waals surface area contributed by atoms with E-state index in [4.69, 9.17) is 5.73 Å². The zero-order valence-electron chi connectivity index (χ0n) is 19.1. The summed E-state index contributed by atoms with van der Waals surface area (Å²) in [6.07, 6.45) is 6.61. The maximum absolute atomic E-state index is 12.8. The number of rotatable bonds is 11. The lowest BCUT2D eigenvalue weighted by atomic mass is 9.74. The van der Waals surface area contributed by atoms with E-state index in [0.717, 1.165) is 17.6 Å². The molecule has 30 heavy (non-hydrogen) atoms. The summed E-state index contributed by atoms with van der Waals surface area (Å²) in [6.45, 7) is 14.6. The lowest BCUT2D eigenvalue weighted by molar-refractivity contribution is -0.122. The van der Waals surface area contributed by atoms with E-state index < -0.39 is 5.91 Å². The van der Waals surface area contributed by atoms with E-state index in [1.807, 2.05) is 38.4 Å². The van der Waals surface area contributed by atoms with Crippen molar-refractivity contribution in [1.82, 2.24) is 10.2 Å². The molecule has 0 bridgehead atoms. The average Bonchev–Trinajstić information content (AvgIpc) is 2.67. The van der Waals surface area contributed by atoms with Gasteiger partial charge < -0.3 is 16.0 Å². The molecule has 2 atom stereocenters. The molecule has 3 N–H and O–H groups in total. The second-order valence-electron chi connectivity index (χ2n) is 8.92. The normalized spacial score (nSPS) is 14.1. The van der Waals surface area contributed by atoms with Crippen LogP contribution in [0.15, 0.2) is 61.2 Å². The number of hydrogen-bond acceptors (Lipinski definition) is 3. The first-order valence-corrected chi connectivity index (χ1v) is 10.3. The van der Waals surface area contributed by atoms with Crippen molar-refractivity contribution in [1.29, 1.82) is 0 Å². The molecule has 0 saturated heterocycles. The number of nitrogens with zero attached hydrogens (tertiary/aromatic N) is 1. The van der Waals surface area contributed by atoms with Gasteiger partial charge in [-0.15, -0.1) is 0 Å². The van der Waals surface area contributed by atoms with Gasteiger partial charge in [-0.2, -0.15) is 0 Å². The van der Waals surface area contributed by atoms with E-state index >= 15 is 0 Å². The van der Waals surface area contributed by atoms with Gasteiger partial charge in [-0.1, -0.05) is 64.3 Å². The summed E-state index contributed by atoms with van der Waals surface area (Å²) >= 11 is 0. The molecule has 0 aliphatic carbocycles. The highest BCUT2D eigenvalue weighted by atomic mass is 16.1. The van der Waals surface area contributed by atoms with Crippen molar-refractivity contribution < 1.29 is 9.59 Å². The van der Waals surface area contributed by atoms with E-state index in [2.05, 4.69) is 44.1 Å². The smallest absolute Gasteiger partial charge is 0.248 e. The highest BCUT2D eigenvalue weighted by molar-refractivity contribution is 5.92. The zero-order valence-corrected chi connectivity index (χ0v) is 19.1. The van der Waals surface area contributed by atoms with E-state index in [1.165, 1.54) is 0 Å². The van der Waals surface area contributed by atoms with Crippen LogP contribution in [-0.4, -0.2) is 43.4 Å². The standard InChI is InChI=1S/C25H37N3O2/c1-8-10-19(9-2)22(25(3,4)5)16-23(29)27-17-21(28(6)7)15-18-11-13-20(14-12-18)24(26)30/h8-14,21-22H,1-2,15-17H2,3-7H3,(H2,26,30)(H,27,29)/b19-10+. The van der Waals surface area contributed by atoms with Gasteiger partial charge in [-0.3, -0.25) is 9.59 Å². The average molecular weight is 412 g/mol. The Labute approximate surface area is 181 Å². The van der Waals surface area contributed by atoms with Crippen LogP contribution in [0.2, 0.25) is 0 Å². The largest absolute Gasteiger partial charge is 0.366 e. The van der Waals surface area contributed by atoms with Crippen LogP contribution in [0.25, 0.3) is 0 Å². The van der Waals surface area contributed by atoms with E-state index in [0.29, 0.717) is 18.5 Å². The Morgan fingerprint density at radius 1 is 1.17 bits per heavy atom. The molecule has 0 spiro atoms. The van der Waals surface area contributed by atoms with Crippen molar-refractivity contribution in [3.63, 3.8) is 0 Å². The number of hydrogen-bond donors (Lipinski definition) is 2. The highest BCUT2D eigenvalue weighted by Gasteiger charge is 2.29. The predicted octanol–water partition coefficient (Wildman–Crippen LogP) is 3.73. The molecule has 2 amide bonds. The fourth-order valence-corrected chi connectivity index (χ4v) is 3.39. The van der Waals surface area contributed by atoms with Crippen molar-refractivity contribution in [3.05, 3.63) is 72.4 Å². The Hall–Kier alpha value is -2.66. The fourth-order valence-electron chi connectivity index (χ4n) is 3.39. The molecule has 0 fully saturated rings. The summed E-state index contributed by atoms with van der Waals surface area (Å²) in [5, 5.41) is 3.10. The number of carbonyl (C=O) groups is 2. The van der Waals surface area contributed by atoms with Crippen molar-refractivity contribution in [3.8, 4) is 0 Å². The highest BCUT2D eigenvalue weighted by Crippen LogP contribution is 2.35. The summed E-state index contributed by atoms with van der Waals surface area (Å²) in [7, 11) is 3.99. The van der Waals surface area contributed by atoms with Crippen LogP contribution in [0.5, 0.6) is 0 Å². The van der Waals surface area contributed by atoms with Crippen LogP contribution in [-0.2, 0) is 11.2 Å². The Balaban J connectivity index is 2.80. The third-order valence-corrected chi connectivity index (χ3v) is 5.36. The van der Waals surface area contributed by atoms with Crippen LogP contribution in [0.3, 0.4) is 0 Å². The molecule has 1 aromatic carbocycles. The lowest BCUT2D eigenvalue weighted by Crippen LogP contribution is -2.42. The first kappa shape index (κ1) is 25.4. The molecular weight excluding hydrogens is 374 g/mol. The van der Waals surface area contributed by atoms with Crippen molar-refractivity contribution in [2.75, 3.05) is 20.6 Å². The first-order valence-electron chi connectivity index (χ1n) is 10.3. The van der Waals surface area contributed by atoms with Crippen LogP contribution < -0.4 is 11.1 Å². The Morgan fingerprint density at radius 3 is 2.20 bits per heavy atom. The van der Waals surface area contributed by atoms with E-state index in [1.54, 1.807) is 18.2 Å². The summed E-state index contributed by atoms with van der Waals surface area (Å²) in [5.41, 5.74) is 7.82. The molecule has 0 heterocycles. The molecule has 1 rings (SSSR count). The van der Waals surface area contributed by atoms with Crippen molar-refractivity contribution >= 4 is 11.8 Å². The summed E-state index contributed by atoms with van der Waals surface area (Å²) in [4.78, 5) is 26.1. The lowest BCUT2D eigenvalue weighted by Gasteiger charge is -2.32. The van der Waals surface area contributed by atoms with Gasteiger partial charge in [0.1, 0.15) is 0 Å². The molecule has 0 aliphatic heterocycles. The number of primary amides is 1. The Kier molecular flexibility index (Phi) is 9.73. The number of carbonyl (C=O) groups excluding carboxylic acids is 2. The van der Waals surface area contributed by atoms with Gasteiger partial charge in [0.2, 0.25) is 11.8 Å². The summed E-state index contributed by atoms with van der Waals surface area (Å²) < 4.78 is 0. The topological polar surface area (TPSA) is 75.4 Å². The van der Waals surface area contributed by atoms with E-state index in [-0.39, 0.29) is 23.3 Å². The van der Waals surface area contributed by atoms with Gasteiger partial charge in [0.15, 0.2) is 0 Å². The molecule has 0 aromatic heterocycles. The number of nitrogens with one attached hydrogen (secondary N) is 1. The maximum atomic E-state index is 12.8. The zero-order chi connectivity index (χ0) is 22.9. The van der Waals surface area contributed by atoms with Crippen LogP contribution >= 0.6 is 0 Å². The third-order valence-electron chi connectivity index (χ3n) is 5.36. The summed E-state index contributed by atoms with van der Waals surface area (Å²) in [6, 6.07) is 7.41. The van der Waals surface area contributed by atoms with Gasteiger partial charge in [-0.25, -0.2) is 0 Å². The second kappa shape index (κ2) is 11.5. The van der Waals surface area contributed by atoms with Gasteiger partial charge in [0, 0.05) is 24.6 Å². The Bertz CT molecular complexity index is 771. The van der Waals surface area contributed by atoms with Crippen LogP contribution in [0, 0.1) is 11.3 Å². The van der Waals surface area contributed by atoms with Gasteiger partial charge in [0.05, 0.1) is 0 Å². The fraction of sp³-hybridized carbons (Fsp3) is 0.440. The van der Waals surface area contributed by atoms with Gasteiger partial charge >= 0.3 is 0 Å². The second-order valence-corrected chi connectivity index (χ2v) is 8.92.